The molecule has 1 N–H and O–H groups in total. The van der Waals surface area contributed by atoms with Crippen molar-refractivity contribution >= 4 is 32.4 Å². The van der Waals surface area contributed by atoms with Crippen LogP contribution in [0.3, 0.4) is 0 Å². The van der Waals surface area contributed by atoms with Gasteiger partial charge in [-0.2, -0.15) is 0 Å². The Hall–Kier alpha value is -2.75. The molecule has 2 aromatic carbocycles. The van der Waals surface area contributed by atoms with Crippen molar-refractivity contribution in [3.05, 3.63) is 77.3 Å². The topological polar surface area (TPSA) is 88.6 Å². The number of thiazole rings is 1. The molecule has 31 heavy (non-hydrogen) atoms. The lowest BCUT2D eigenvalue weighted by Gasteiger charge is -2.23. The Morgan fingerprint density at radius 3 is 2.58 bits per heavy atom. The van der Waals surface area contributed by atoms with Crippen molar-refractivity contribution in [1.82, 2.24) is 9.88 Å². The number of hydrogen-bond acceptors (Lipinski definition) is 6. The van der Waals surface area contributed by atoms with E-state index in [1.807, 2.05) is 18.2 Å². The standard InChI is InChI=1S/C22H23N3O4S2/c26-21(25-11-12-29-15-18(14-25)13-17-7-3-1-4-8-17)20-16-30-22(23-20)24-31(27,28)19-9-5-2-6-10-19/h1-10,16,18H,11-15H2,(H,23,24). The highest BCUT2D eigenvalue weighted by molar-refractivity contribution is 7.93. The number of ether oxygens (including phenoxy) is 1. The molecule has 4 rings (SSSR count). The van der Waals surface area contributed by atoms with Crippen molar-refractivity contribution in [2.24, 2.45) is 5.92 Å². The largest absolute Gasteiger partial charge is 0.379 e. The first-order valence-corrected chi connectivity index (χ1v) is 12.3. The first-order valence-electron chi connectivity index (χ1n) is 9.95. The molecule has 0 bridgehead atoms. The highest BCUT2D eigenvalue weighted by atomic mass is 32.2. The fourth-order valence-electron chi connectivity index (χ4n) is 3.49. The number of aromatic nitrogens is 1. The number of anilines is 1. The lowest BCUT2D eigenvalue weighted by molar-refractivity contribution is 0.0732. The van der Waals surface area contributed by atoms with Gasteiger partial charge in [-0.15, -0.1) is 11.3 Å². The first-order chi connectivity index (χ1) is 15.0. The summed E-state index contributed by atoms with van der Waals surface area (Å²) in [6, 6.07) is 18.2. The van der Waals surface area contributed by atoms with Gasteiger partial charge in [0.05, 0.1) is 18.1 Å². The second kappa shape index (κ2) is 9.59. The van der Waals surface area contributed by atoms with E-state index in [0.717, 1.165) is 17.8 Å². The molecular formula is C22H23N3O4S2. The highest BCUT2D eigenvalue weighted by Crippen LogP contribution is 2.22. The average molecular weight is 458 g/mol. The average Bonchev–Trinajstić information content (AvgIpc) is 3.11. The van der Waals surface area contributed by atoms with Crippen molar-refractivity contribution in [3.8, 4) is 0 Å². The molecule has 9 heteroatoms. The van der Waals surface area contributed by atoms with Crippen LogP contribution in [0.25, 0.3) is 0 Å². The summed E-state index contributed by atoms with van der Waals surface area (Å²) >= 11 is 1.09. The van der Waals surface area contributed by atoms with Crippen LogP contribution in [0.1, 0.15) is 16.1 Å². The van der Waals surface area contributed by atoms with Crippen LogP contribution in [0.4, 0.5) is 5.13 Å². The van der Waals surface area contributed by atoms with Gasteiger partial charge in [0.15, 0.2) is 5.13 Å². The van der Waals surface area contributed by atoms with Crippen molar-refractivity contribution in [2.45, 2.75) is 11.3 Å². The van der Waals surface area contributed by atoms with Gasteiger partial charge in [-0.3, -0.25) is 9.52 Å². The Kier molecular flexibility index (Phi) is 6.64. The Morgan fingerprint density at radius 2 is 1.84 bits per heavy atom. The van der Waals surface area contributed by atoms with E-state index in [0.29, 0.717) is 26.3 Å². The number of nitrogens with zero attached hydrogens (tertiary/aromatic N) is 2. The normalized spacial score (nSPS) is 17.2. The maximum atomic E-state index is 13.0. The van der Waals surface area contributed by atoms with Gasteiger partial charge < -0.3 is 9.64 Å². The molecule has 1 aliphatic rings. The number of carbonyl (C=O) groups excluding carboxylic acids is 1. The molecule has 0 aliphatic carbocycles. The zero-order valence-electron chi connectivity index (χ0n) is 16.8. The minimum atomic E-state index is -3.75. The third-order valence-corrected chi connectivity index (χ3v) is 7.23. The first kappa shape index (κ1) is 21.5. The molecule has 3 aromatic rings. The molecule has 1 saturated heterocycles. The number of sulfonamides is 1. The summed E-state index contributed by atoms with van der Waals surface area (Å²) in [6.07, 6.45) is 0.823. The van der Waals surface area contributed by atoms with E-state index in [2.05, 4.69) is 21.8 Å². The molecule has 1 unspecified atom stereocenters. The molecule has 1 aliphatic heterocycles. The number of nitrogens with one attached hydrogen (secondary N) is 1. The second-order valence-electron chi connectivity index (χ2n) is 7.34. The van der Waals surface area contributed by atoms with E-state index >= 15 is 0 Å². The third kappa shape index (κ3) is 5.49. The summed E-state index contributed by atoms with van der Waals surface area (Å²) in [5.74, 6) is -0.0338. The minimum absolute atomic E-state index is 0.145. The van der Waals surface area contributed by atoms with Crippen LogP contribution in [0, 0.1) is 5.92 Å². The Morgan fingerprint density at radius 1 is 1.13 bits per heavy atom. The fourth-order valence-corrected chi connectivity index (χ4v) is 5.45. The molecule has 1 aromatic heterocycles. The number of rotatable bonds is 6. The SMILES string of the molecule is O=C(c1csc(NS(=O)(=O)c2ccccc2)n1)N1CCOCC(Cc2ccccc2)C1. The van der Waals surface area contributed by atoms with Crippen LogP contribution in [0.15, 0.2) is 70.9 Å². The van der Waals surface area contributed by atoms with Crippen LogP contribution < -0.4 is 4.72 Å². The van der Waals surface area contributed by atoms with Crippen molar-refractivity contribution in [1.29, 1.82) is 0 Å². The molecule has 7 nitrogen and oxygen atoms in total. The van der Waals surface area contributed by atoms with Gasteiger partial charge >= 0.3 is 0 Å². The molecule has 1 atom stereocenters. The summed E-state index contributed by atoms with van der Waals surface area (Å²) in [4.78, 5) is 19.2. The molecule has 1 fully saturated rings. The molecule has 162 valence electrons. The molecule has 1 amide bonds. The lowest BCUT2D eigenvalue weighted by atomic mass is 9.99. The zero-order chi connectivity index (χ0) is 21.7. The van der Waals surface area contributed by atoms with E-state index < -0.39 is 10.0 Å². The van der Waals surface area contributed by atoms with Gasteiger partial charge in [-0.05, 0) is 24.1 Å². The van der Waals surface area contributed by atoms with E-state index in [9.17, 15) is 13.2 Å². The Bertz CT molecular complexity index is 1120. The van der Waals surface area contributed by atoms with Gasteiger partial charge in [-0.1, -0.05) is 48.5 Å². The fraction of sp³-hybridized carbons (Fsp3) is 0.273. The van der Waals surface area contributed by atoms with E-state index in [1.165, 1.54) is 17.7 Å². The summed E-state index contributed by atoms with van der Waals surface area (Å²) in [5.41, 5.74) is 1.44. The minimum Gasteiger partial charge on any atom is -0.379 e. The van der Waals surface area contributed by atoms with Gasteiger partial charge in [0, 0.05) is 24.4 Å². The van der Waals surface area contributed by atoms with Crippen LogP contribution in [0.2, 0.25) is 0 Å². The van der Waals surface area contributed by atoms with Crippen LogP contribution in [-0.2, 0) is 21.2 Å². The van der Waals surface area contributed by atoms with Gasteiger partial charge in [0.1, 0.15) is 5.69 Å². The van der Waals surface area contributed by atoms with Crippen LogP contribution >= 0.6 is 11.3 Å². The summed E-state index contributed by atoms with van der Waals surface area (Å²) in [7, 11) is -3.75. The number of benzene rings is 2. The molecule has 0 spiro atoms. The predicted molar refractivity (Wildman–Crippen MR) is 120 cm³/mol. The second-order valence-corrected chi connectivity index (χ2v) is 9.88. The van der Waals surface area contributed by atoms with Crippen molar-refractivity contribution < 1.29 is 17.9 Å². The molecule has 0 radical (unpaired) electrons. The van der Waals surface area contributed by atoms with Crippen LogP contribution in [0.5, 0.6) is 0 Å². The lowest BCUT2D eigenvalue weighted by Crippen LogP contribution is -2.36. The molecule has 2 heterocycles. The zero-order valence-corrected chi connectivity index (χ0v) is 18.4. The smallest absolute Gasteiger partial charge is 0.273 e. The molecular weight excluding hydrogens is 434 g/mol. The van der Waals surface area contributed by atoms with Crippen molar-refractivity contribution in [2.75, 3.05) is 31.0 Å². The molecule has 0 saturated carbocycles. The summed E-state index contributed by atoms with van der Waals surface area (Å²) < 4.78 is 33.1. The Balaban J connectivity index is 1.43. The summed E-state index contributed by atoms with van der Waals surface area (Å²) in [6.45, 7) is 2.11. The van der Waals surface area contributed by atoms with E-state index in [-0.39, 0.29) is 27.5 Å². The van der Waals surface area contributed by atoms with Gasteiger partial charge in [0.25, 0.3) is 15.9 Å². The van der Waals surface area contributed by atoms with Gasteiger partial charge in [0.2, 0.25) is 0 Å². The van der Waals surface area contributed by atoms with E-state index in [4.69, 9.17) is 4.74 Å². The third-order valence-electron chi connectivity index (χ3n) is 4.99. The quantitative estimate of drug-likeness (QED) is 0.614. The number of amides is 1. The maximum absolute atomic E-state index is 13.0. The maximum Gasteiger partial charge on any atom is 0.273 e. The highest BCUT2D eigenvalue weighted by Gasteiger charge is 2.26. The monoisotopic (exact) mass is 457 g/mol. The van der Waals surface area contributed by atoms with E-state index in [1.54, 1.807) is 28.5 Å². The predicted octanol–water partition coefficient (Wildman–Crippen LogP) is 3.28. The van der Waals surface area contributed by atoms with Gasteiger partial charge in [-0.25, -0.2) is 13.4 Å². The number of carbonyl (C=O) groups is 1. The van der Waals surface area contributed by atoms with Crippen LogP contribution in [-0.4, -0.2) is 50.5 Å². The Labute approximate surface area is 185 Å². The van der Waals surface area contributed by atoms with Crippen molar-refractivity contribution in [3.63, 3.8) is 0 Å². The summed E-state index contributed by atoms with van der Waals surface area (Å²) in [5, 5.41) is 1.75. The number of hydrogen-bond donors (Lipinski definition) is 1.